The zero-order valence-corrected chi connectivity index (χ0v) is 10.1. The van der Waals surface area contributed by atoms with Crippen LogP contribution in [-0.2, 0) is 10.2 Å². The molecule has 84 valence electrons. The van der Waals surface area contributed by atoms with Gasteiger partial charge in [0.25, 0.3) is 0 Å². The molecule has 0 saturated heterocycles. The fourth-order valence-electron chi connectivity index (χ4n) is 1.89. The van der Waals surface area contributed by atoms with Crippen molar-refractivity contribution >= 4 is 29.0 Å². The second kappa shape index (κ2) is 3.88. The topological polar surface area (TPSA) is 37.3 Å². The molecular weight excluding hydrogens is 247 g/mol. The summed E-state index contributed by atoms with van der Waals surface area (Å²) in [5, 5.41) is 10.8. The van der Waals surface area contributed by atoms with E-state index in [9.17, 15) is 9.90 Å². The van der Waals surface area contributed by atoms with Gasteiger partial charge in [0.05, 0.1) is 11.5 Å². The quantitative estimate of drug-likeness (QED) is 0.839. The molecule has 1 aliphatic carbocycles. The average Bonchev–Trinajstić information content (AvgIpc) is 2.47. The largest absolute Gasteiger partial charge is 0.388 e. The summed E-state index contributed by atoms with van der Waals surface area (Å²) in [5.74, 6) is -0.149. The van der Waals surface area contributed by atoms with E-state index in [2.05, 4.69) is 0 Å². The van der Waals surface area contributed by atoms with Crippen LogP contribution in [0.1, 0.15) is 12.5 Å². The van der Waals surface area contributed by atoms with Crippen molar-refractivity contribution in [3.63, 3.8) is 0 Å². The first kappa shape index (κ1) is 11.6. The summed E-state index contributed by atoms with van der Waals surface area (Å²) in [6, 6.07) is 4.91. The maximum atomic E-state index is 11.8. The second-order valence-corrected chi connectivity index (χ2v) is 4.84. The second-order valence-electron chi connectivity index (χ2n) is 3.99. The Morgan fingerprint density at radius 3 is 2.56 bits per heavy atom. The van der Waals surface area contributed by atoms with E-state index in [4.69, 9.17) is 23.2 Å². The normalized spacial score (nSPS) is 28.8. The summed E-state index contributed by atoms with van der Waals surface area (Å²) in [7, 11) is 0. The van der Waals surface area contributed by atoms with Crippen LogP contribution in [0.25, 0.3) is 0 Å². The monoisotopic (exact) mass is 256 g/mol. The Morgan fingerprint density at radius 2 is 2.06 bits per heavy atom. The van der Waals surface area contributed by atoms with Gasteiger partial charge in [-0.3, -0.25) is 4.79 Å². The van der Waals surface area contributed by atoms with E-state index in [1.54, 1.807) is 25.1 Å². The molecule has 16 heavy (non-hydrogen) atoms. The molecule has 1 aromatic rings. The molecular formula is C12H10Cl2O2. The first-order chi connectivity index (χ1) is 7.46. The fourth-order valence-corrected chi connectivity index (χ4v) is 2.50. The molecule has 1 aromatic carbocycles. The van der Waals surface area contributed by atoms with Gasteiger partial charge in [-0.1, -0.05) is 35.3 Å². The Balaban J connectivity index is 2.56. The van der Waals surface area contributed by atoms with Crippen LogP contribution in [0.5, 0.6) is 0 Å². The zero-order chi connectivity index (χ0) is 11.9. The minimum atomic E-state index is -0.998. The molecule has 4 heteroatoms. The van der Waals surface area contributed by atoms with Crippen molar-refractivity contribution in [3.8, 4) is 0 Å². The van der Waals surface area contributed by atoms with Crippen molar-refractivity contribution in [2.24, 2.45) is 0 Å². The Kier molecular flexibility index (Phi) is 2.82. The zero-order valence-electron chi connectivity index (χ0n) is 8.58. The van der Waals surface area contributed by atoms with E-state index < -0.39 is 11.5 Å². The third-order valence-electron chi connectivity index (χ3n) is 3.02. The average molecular weight is 257 g/mol. The SMILES string of the molecule is CC1(c2ccc(Cl)cc2Cl)C(=O)C=CC1O. The number of benzene rings is 1. The van der Waals surface area contributed by atoms with Crippen molar-refractivity contribution in [2.75, 3.05) is 0 Å². The third-order valence-corrected chi connectivity index (χ3v) is 3.57. The van der Waals surface area contributed by atoms with Crippen molar-refractivity contribution < 1.29 is 9.90 Å². The van der Waals surface area contributed by atoms with Gasteiger partial charge in [0, 0.05) is 10.0 Å². The third kappa shape index (κ3) is 1.58. The maximum Gasteiger partial charge on any atom is 0.168 e. The minimum Gasteiger partial charge on any atom is -0.388 e. The number of hydrogen-bond acceptors (Lipinski definition) is 2. The lowest BCUT2D eigenvalue weighted by Gasteiger charge is -2.27. The molecule has 0 aromatic heterocycles. The lowest BCUT2D eigenvalue weighted by Crippen LogP contribution is -2.38. The van der Waals surface area contributed by atoms with Crippen LogP contribution in [0.15, 0.2) is 30.4 Å². The molecule has 0 bridgehead atoms. The van der Waals surface area contributed by atoms with Crippen LogP contribution in [0.3, 0.4) is 0 Å². The van der Waals surface area contributed by atoms with Crippen molar-refractivity contribution in [2.45, 2.75) is 18.4 Å². The summed E-state index contributed by atoms with van der Waals surface area (Å²) in [6.07, 6.45) is 2.02. The highest BCUT2D eigenvalue weighted by Crippen LogP contribution is 2.38. The van der Waals surface area contributed by atoms with Gasteiger partial charge in [-0.15, -0.1) is 0 Å². The molecule has 2 atom stereocenters. The van der Waals surface area contributed by atoms with E-state index in [0.717, 1.165) is 0 Å². The molecule has 0 radical (unpaired) electrons. The highest BCUT2D eigenvalue weighted by atomic mass is 35.5. The van der Waals surface area contributed by atoms with Gasteiger partial charge in [-0.2, -0.15) is 0 Å². The van der Waals surface area contributed by atoms with Gasteiger partial charge in [-0.05, 0) is 30.7 Å². The molecule has 1 N–H and O–H groups in total. The number of aliphatic hydroxyl groups is 1. The summed E-state index contributed by atoms with van der Waals surface area (Å²) in [5.41, 5.74) is -0.400. The van der Waals surface area contributed by atoms with E-state index in [-0.39, 0.29) is 5.78 Å². The Hall–Kier alpha value is -0.830. The fraction of sp³-hybridized carbons (Fsp3) is 0.250. The van der Waals surface area contributed by atoms with E-state index in [1.165, 1.54) is 12.2 Å². The van der Waals surface area contributed by atoms with Crippen LogP contribution >= 0.6 is 23.2 Å². The smallest absolute Gasteiger partial charge is 0.168 e. The molecule has 2 unspecified atom stereocenters. The van der Waals surface area contributed by atoms with Crippen LogP contribution in [0, 0.1) is 0 Å². The van der Waals surface area contributed by atoms with Gasteiger partial charge in [0.2, 0.25) is 0 Å². The first-order valence-electron chi connectivity index (χ1n) is 4.82. The number of hydrogen-bond donors (Lipinski definition) is 1. The number of ketones is 1. The van der Waals surface area contributed by atoms with E-state index in [0.29, 0.717) is 15.6 Å². The number of allylic oxidation sites excluding steroid dienone is 1. The predicted molar refractivity (Wildman–Crippen MR) is 64.0 cm³/mol. The first-order valence-corrected chi connectivity index (χ1v) is 5.58. The van der Waals surface area contributed by atoms with Gasteiger partial charge in [0.15, 0.2) is 5.78 Å². The number of rotatable bonds is 1. The van der Waals surface area contributed by atoms with Crippen LogP contribution in [-0.4, -0.2) is 17.0 Å². The highest BCUT2D eigenvalue weighted by molar-refractivity contribution is 6.35. The Labute approximate surface area is 103 Å². The molecule has 0 fully saturated rings. The van der Waals surface area contributed by atoms with Crippen LogP contribution in [0.4, 0.5) is 0 Å². The van der Waals surface area contributed by atoms with Crippen molar-refractivity contribution in [3.05, 3.63) is 46.0 Å². The molecule has 0 heterocycles. The molecule has 1 aliphatic rings. The molecule has 2 nitrogen and oxygen atoms in total. The number of aliphatic hydroxyl groups excluding tert-OH is 1. The lowest BCUT2D eigenvalue weighted by molar-refractivity contribution is -0.120. The number of carbonyl (C=O) groups excluding carboxylic acids is 1. The van der Waals surface area contributed by atoms with Crippen molar-refractivity contribution in [1.82, 2.24) is 0 Å². The maximum absolute atomic E-state index is 11.8. The molecule has 0 saturated carbocycles. The van der Waals surface area contributed by atoms with Gasteiger partial charge in [0.1, 0.15) is 0 Å². The summed E-state index contributed by atoms with van der Waals surface area (Å²) in [4.78, 5) is 11.8. The predicted octanol–water partition coefficient (Wildman–Crippen LogP) is 2.75. The van der Waals surface area contributed by atoms with Gasteiger partial charge >= 0.3 is 0 Å². The van der Waals surface area contributed by atoms with Crippen molar-refractivity contribution in [1.29, 1.82) is 0 Å². The Morgan fingerprint density at radius 1 is 1.38 bits per heavy atom. The molecule has 0 amide bonds. The van der Waals surface area contributed by atoms with E-state index in [1.807, 2.05) is 0 Å². The van der Waals surface area contributed by atoms with Crippen LogP contribution < -0.4 is 0 Å². The van der Waals surface area contributed by atoms with Gasteiger partial charge < -0.3 is 5.11 Å². The van der Waals surface area contributed by atoms with Gasteiger partial charge in [-0.25, -0.2) is 0 Å². The van der Waals surface area contributed by atoms with Crippen LogP contribution in [0.2, 0.25) is 10.0 Å². The minimum absolute atomic E-state index is 0.149. The standard InChI is InChI=1S/C12H10Cl2O2/c1-12(10(15)4-5-11(12)16)8-3-2-7(13)6-9(8)14/h2-6,10,15H,1H3. The Bertz CT molecular complexity index is 482. The molecule has 0 spiro atoms. The summed E-state index contributed by atoms with van der Waals surface area (Å²) < 4.78 is 0. The lowest BCUT2D eigenvalue weighted by atomic mass is 9.77. The summed E-state index contributed by atoms with van der Waals surface area (Å²) >= 11 is 11.8. The number of halogens is 2. The highest BCUT2D eigenvalue weighted by Gasteiger charge is 2.44. The molecule has 0 aliphatic heterocycles. The van der Waals surface area contributed by atoms with E-state index >= 15 is 0 Å². The molecule has 2 rings (SSSR count). The number of carbonyl (C=O) groups is 1. The summed E-state index contributed by atoms with van der Waals surface area (Å²) in [6.45, 7) is 1.68.